The molecule has 0 saturated heterocycles. The van der Waals surface area contributed by atoms with Crippen molar-refractivity contribution in [3.63, 3.8) is 0 Å². The van der Waals surface area contributed by atoms with E-state index >= 15 is 0 Å². The van der Waals surface area contributed by atoms with Gasteiger partial charge in [0, 0.05) is 13.1 Å². The molecule has 0 radical (unpaired) electrons. The first-order chi connectivity index (χ1) is 18.4. The number of benzene rings is 3. The van der Waals surface area contributed by atoms with Gasteiger partial charge in [-0.2, -0.15) is 0 Å². The summed E-state index contributed by atoms with van der Waals surface area (Å²) < 4.78 is 28.8. The molecule has 0 aliphatic heterocycles. The Kier molecular flexibility index (Phi) is 10.4. The first-order valence-electron chi connectivity index (χ1n) is 12.6. The lowest BCUT2D eigenvalue weighted by molar-refractivity contribution is -0.139. The minimum absolute atomic E-state index is 0.0303. The van der Waals surface area contributed by atoms with Gasteiger partial charge in [0.15, 0.2) is 0 Å². The molecule has 0 spiro atoms. The minimum atomic E-state index is -4.11. The molecule has 208 valence electrons. The Morgan fingerprint density at radius 2 is 1.56 bits per heavy atom. The van der Waals surface area contributed by atoms with Gasteiger partial charge in [0.2, 0.25) is 11.8 Å². The molecule has 3 rings (SSSR count). The van der Waals surface area contributed by atoms with Crippen molar-refractivity contribution in [2.45, 2.75) is 51.6 Å². The summed E-state index contributed by atoms with van der Waals surface area (Å²) in [5.41, 5.74) is 2.72. The second-order valence-electron chi connectivity index (χ2n) is 9.41. The van der Waals surface area contributed by atoms with Crippen LogP contribution in [-0.4, -0.2) is 44.3 Å². The first-order valence-corrected chi connectivity index (χ1v) is 14.8. The van der Waals surface area contributed by atoms with Gasteiger partial charge in [-0.25, -0.2) is 8.42 Å². The van der Waals surface area contributed by atoms with Crippen LogP contribution in [0.25, 0.3) is 0 Å². The zero-order valence-corrected chi connectivity index (χ0v) is 24.8. The van der Waals surface area contributed by atoms with E-state index in [-0.39, 0.29) is 17.3 Å². The van der Waals surface area contributed by atoms with Crippen LogP contribution in [0.3, 0.4) is 0 Å². The maximum Gasteiger partial charge on any atom is 0.264 e. The van der Waals surface area contributed by atoms with Crippen molar-refractivity contribution in [2.75, 3.05) is 17.4 Å². The lowest BCUT2D eigenvalue weighted by Gasteiger charge is -2.32. The number of hydrogen-bond donors (Lipinski definition) is 1. The molecule has 0 saturated carbocycles. The van der Waals surface area contributed by atoms with Crippen LogP contribution in [-0.2, 0) is 26.2 Å². The summed E-state index contributed by atoms with van der Waals surface area (Å²) in [5.74, 6) is -0.881. The SMILES string of the molecule is CCCNC(=O)[C@@H](C)N(Cc1ccc(Cl)c(Cl)c1)C(=O)CN(c1cc(C)cc(C)c1)S(=O)(=O)c1ccccc1. The summed E-state index contributed by atoms with van der Waals surface area (Å²) in [5, 5.41) is 3.49. The van der Waals surface area contributed by atoms with E-state index in [0.717, 1.165) is 21.9 Å². The third kappa shape index (κ3) is 7.75. The van der Waals surface area contributed by atoms with Crippen molar-refractivity contribution in [1.82, 2.24) is 10.2 Å². The molecule has 3 aromatic rings. The maximum atomic E-state index is 13.9. The van der Waals surface area contributed by atoms with Crippen LogP contribution in [0.2, 0.25) is 10.0 Å². The standard InChI is InChI=1S/C29H33Cl2N3O4S/c1-5-13-32-29(36)22(4)33(18-23-11-12-26(30)27(31)17-23)28(35)19-34(24-15-20(2)14-21(3)16-24)39(37,38)25-9-7-6-8-10-25/h6-12,14-17,22H,5,13,18-19H2,1-4H3,(H,32,36)/t22-/m1/s1. The molecule has 10 heteroatoms. The van der Waals surface area contributed by atoms with Crippen molar-refractivity contribution in [3.8, 4) is 0 Å². The predicted octanol–water partition coefficient (Wildman–Crippen LogP) is 5.75. The van der Waals surface area contributed by atoms with Crippen LogP contribution >= 0.6 is 23.2 Å². The zero-order valence-electron chi connectivity index (χ0n) is 22.4. The number of nitrogens with zero attached hydrogens (tertiary/aromatic N) is 2. The summed E-state index contributed by atoms with van der Waals surface area (Å²) in [6.07, 6.45) is 0.731. The molecular weight excluding hydrogens is 557 g/mol. The largest absolute Gasteiger partial charge is 0.354 e. The minimum Gasteiger partial charge on any atom is -0.354 e. The van der Waals surface area contributed by atoms with E-state index in [1.807, 2.05) is 26.8 Å². The van der Waals surface area contributed by atoms with Crippen LogP contribution in [0.4, 0.5) is 5.69 Å². The van der Waals surface area contributed by atoms with Crippen LogP contribution in [0, 0.1) is 13.8 Å². The van der Waals surface area contributed by atoms with Crippen LogP contribution < -0.4 is 9.62 Å². The first kappa shape index (κ1) is 30.5. The van der Waals surface area contributed by atoms with Crippen LogP contribution in [0.5, 0.6) is 0 Å². The summed E-state index contributed by atoms with van der Waals surface area (Å²) in [4.78, 5) is 28.3. The number of rotatable bonds is 11. The molecule has 0 bridgehead atoms. The molecule has 0 fully saturated rings. The van der Waals surface area contributed by atoms with Gasteiger partial charge < -0.3 is 10.2 Å². The molecule has 0 aromatic heterocycles. The van der Waals surface area contributed by atoms with Crippen molar-refractivity contribution in [1.29, 1.82) is 0 Å². The smallest absolute Gasteiger partial charge is 0.264 e. The highest BCUT2D eigenvalue weighted by atomic mass is 35.5. The number of anilines is 1. The average molecular weight is 591 g/mol. The van der Waals surface area contributed by atoms with Gasteiger partial charge >= 0.3 is 0 Å². The van der Waals surface area contributed by atoms with Crippen molar-refractivity contribution < 1.29 is 18.0 Å². The Balaban J connectivity index is 2.05. The van der Waals surface area contributed by atoms with Crippen LogP contribution in [0.15, 0.2) is 71.6 Å². The van der Waals surface area contributed by atoms with E-state index in [4.69, 9.17) is 23.2 Å². The Morgan fingerprint density at radius 3 is 2.15 bits per heavy atom. The molecular formula is C29H33Cl2N3O4S. The van der Waals surface area contributed by atoms with Gasteiger partial charge in [0.05, 0.1) is 20.6 Å². The number of carbonyl (C=O) groups excluding carboxylic acids is 2. The summed E-state index contributed by atoms with van der Waals surface area (Å²) >= 11 is 12.3. The topological polar surface area (TPSA) is 86.8 Å². The average Bonchev–Trinajstić information content (AvgIpc) is 2.90. The Labute approximate surface area is 240 Å². The highest BCUT2D eigenvalue weighted by molar-refractivity contribution is 7.92. The number of carbonyl (C=O) groups is 2. The van der Waals surface area contributed by atoms with Crippen molar-refractivity contribution in [3.05, 3.63) is 93.5 Å². The lowest BCUT2D eigenvalue weighted by Crippen LogP contribution is -2.51. The number of sulfonamides is 1. The Bertz CT molecular complexity index is 1410. The Morgan fingerprint density at radius 1 is 0.923 bits per heavy atom. The summed E-state index contributed by atoms with van der Waals surface area (Å²) in [7, 11) is -4.11. The van der Waals surface area contributed by atoms with E-state index < -0.39 is 28.5 Å². The van der Waals surface area contributed by atoms with E-state index in [1.165, 1.54) is 17.0 Å². The molecule has 0 unspecified atom stereocenters. The van der Waals surface area contributed by atoms with E-state index in [2.05, 4.69) is 5.32 Å². The van der Waals surface area contributed by atoms with Gasteiger partial charge in [-0.05, 0) is 80.3 Å². The number of aryl methyl sites for hydroxylation is 2. The number of amides is 2. The highest BCUT2D eigenvalue weighted by Crippen LogP contribution is 2.27. The van der Waals surface area contributed by atoms with Crippen molar-refractivity contribution in [2.24, 2.45) is 0 Å². The molecule has 7 nitrogen and oxygen atoms in total. The van der Waals surface area contributed by atoms with Gasteiger partial charge in [-0.1, -0.05) is 60.5 Å². The highest BCUT2D eigenvalue weighted by Gasteiger charge is 2.32. The number of hydrogen-bond acceptors (Lipinski definition) is 4. The third-order valence-corrected chi connectivity index (χ3v) is 8.69. The summed E-state index contributed by atoms with van der Waals surface area (Å²) in [6, 6.07) is 17.4. The lowest BCUT2D eigenvalue weighted by atomic mass is 10.1. The second-order valence-corrected chi connectivity index (χ2v) is 12.1. The maximum absolute atomic E-state index is 13.9. The predicted molar refractivity (Wildman–Crippen MR) is 157 cm³/mol. The molecule has 0 aliphatic rings. The molecule has 2 amide bonds. The molecule has 0 aliphatic carbocycles. The quantitative estimate of drug-likeness (QED) is 0.308. The molecule has 0 heterocycles. The molecule has 3 aromatic carbocycles. The molecule has 1 N–H and O–H groups in total. The molecule has 1 atom stereocenters. The third-order valence-electron chi connectivity index (χ3n) is 6.16. The van der Waals surface area contributed by atoms with Gasteiger partial charge in [-0.3, -0.25) is 13.9 Å². The summed E-state index contributed by atoms with van der Waals surface area (Å²) in [6.45, 7) is 7.25. The van der Waals surface area contributed by atoms with Crippen LogP contribution in [0.1, 0.15) is 37.0 Å². The van der Waals surface area contributed by atoms with Crippen molar-refractivity contribution >= 4 is 50.7 Å². The van der Waals surface area contributed by atoms with Gasteiger partial charge in [0.25, 0.3) is 10.0 Å². The second kappa shape index (κ2) is 13.3. The Hall–Kier alpha value is -3.07. The number of nitrogens with one attached hydrogen (secondary N) is 1. The van der Waals surface area contributed by atoms with Gasteiger partial charge in [0.1, 0.15) is 12.6 Å². The van der Waals surface area contributed by atoms with E-state index in [1.54, 1.807) is 55.5 Å². The number of halogens is 2. The van der Waals surface area contributed by atoms with E-state index in [9.17, 15) is 18.0 Å². The van der Waals surface area contributed by atoms with Gasteiger partial charge in [-0.15, -0.1) is 0 Å². The van der Waals surface area contributed by atoms with E-state index in [0.29, 0.717) is 27.8 Å². The molecule has 39 heavy (non-hydrogen) atoms. The monoisotopic (exact) mass is 589 g/mol. The normalized spacial score (nSPS) is 12.1. The fourth-order valence-electron chi connectivity index (χ4n) is 4.16. The fourth-order valence-corrected chi connectivity index (χ4v) is 5.90. The fraction of sp³-hybridized carbons (Fsp3) is 0.310. The zero-order chi connectivity index (χ0) is 28.7.